The molecule has 0 spiro atoms. The predicted octanol–water partition coefficient (Wildman–Crippen LogP) is 8.44. The van der Waals surface area contributed by atoms with E-state index in [1.54, 1.807) is 20.4 Å². The van der Waals surface area contributed by atoms with Crippen molar-refractivity contribution in [1.29, 1.82) is 0 Å². The minimum Gasteiger partial charge on any atom is -0.497 e. The van der Waals surface area contributed by atoms with Crippen LogP contribution in [0.4, 0.5) is 5.69 Å². The van der Waals surface area contributed by atoms with Crippen LogP contribution in [0.15, 0.2) is 95.2 Å². The van der Waals surface area contributed by atoms with Crippen LogP contribution in [-0.4, -0.2) is 108 Å². The number of hydrazine groups is 1. The van der Waals surface area contributed by atoms with Gasteiger partial charge in [-0.2, -0.15) is 4.99 Å². The highest BCUT2D eigenvalue weighted by molar-refractivity contribution is 5.95. The highest BCUT2D eigenvalue weighted by Gasteiger charge is 2.38. The van der Waals surface area contributed by atoms with Crippen LogP contribution in [0.25, 0.3) is 33.3 Å². The molecule has 3 aliphatic heterocycles. The normalized spacial score (nSPS) is 20.4. The van der Waals surface area contributed by atoms with Crippen molar-refractivity contribution < 1.29 is 28.6 Å². The Bertz CT molecular complexity index is 2690. The van der Waals surface area contributed by atoms with Gasteiger partial charge in [0.05, 0.1) is 50.3 Å². The van der Waals surface area contributed by atoms with Crippen LogP contribution in [0, 0.1) is 17.3 Å². The van der Waals surface area contributed by atoms with Crippen molar-refractivity contribution in [2.24, 2.45) is 27.2 Å². The first-order valence-electron chi connectivity index (χ1n) is 24.6. The SMILES string of the molecule is CCn1c(-c2cnccc2COC)c2c3cc(ccc31)-c1cccc(c1)C[C@H](NC(=O)[C@H](C(C)C)N1CCC[C@@H](CN=C=Nc3ccc(OC)cc3)C1)C(=O)N1CCC[C@H](N1)C(=O)OCC(C)(C)C2. The van der Waals surface area contributed by atoms with E-state index in [0.29, 0.717) is 45.5 Å². The van der Waals surface area contributed by atoms with E-state index in [2.05, 4.69) is 106 Å². The summed E-state index contributed by atoms with van der Waals surface area (Å²) in [5.41, 5.74) is 11.8. The minimum absolute atomic E-state index is 0.0364. The van der Waals surface area contributed by atoms with Gasteiger partial charge in [-0.1, -0.05) is 58.0 Å². The Morgan fingerprint density at radius 1 is 1.01 bits per heavy atom. The van der Waals surface area contributed by atoms with Gasteiger partial charge in [-0.05, 0) is 128 Å². The number of methoxy groups -OCH3 is 2. The zero-order valence-electron chi connectivity index (χ0n) is 41.3. The van der Waals surface area contributed by atoms with Gasteiger partial charge in [-0.3, -0.25) is 29.3 Å². The number of benzene rings is 3. The smallest absolute Gasteiger partial charge is 0.324 e. The largest absolute Gasteiger partial charge is 0.497 e. The molecule has 2 amide bonds. The monoisotopic (exact) mass is 937 g/mol. The van der Waals surface area contributed by atoms with Crippen molar-refractivity contribution >= 4 is 40.4 Å². The van der Waals surface area contributed by atoms with Crippen LogP contribution in [0.5, 0.6) is 5.75 Å². The highest BCUT2D eigenvalue weighted by atomic mass is 16.5. The van der Waals surface area contributed by atoms with Crippen LogP contribution < -0.4 is 15.5 Å². The summed E-state index contributed by atoms with van der Waals surface area (Å²) in [5, 5.41) is 5.89. The van der Waals surface area contributed by atoms with Gasteiger partial charge in [0.1, 0.15) is 17.8 Å². The number of amides is 2. The standard InChI is InChI=1S/C55H68N8O6/c1-8-62-49-21-16-40-28-44(49)45(51(62)46-31-56-23-22-41(46)33-67-6)29-55(4,5)34-69-54(66)47-15-11-25-63(60-47)53(65)48(27-37-12-9-14-39(40)26-37)59-52(64)50(36(2)3)61-24-10-13-38(32-61)30-57-35-58-42-17-19-43(68-7)20-18-42/h9,12,14,16-23,26,28,31,36,38,47-48,50,60H,8,10-11,13,15,24-25,27,29-30,32-34H2,1-7H3,(H,59,64)/t38-,47-,48-,50-/m0/s1. The van der Waals surface area contributed by atoms with Crippen LogP contribution in [0.3, 0.4) is 0 Å². The van der Waals surface area contributed by atoms with Crippen LogP contribution in [0.2, 0.25) is 0 Å². The number of pyridine rings is 1. The molecule has 364 valence electrons. The molecule has 3 aromatic carbocycles. The van der Waals surface area contributed by atoms with Crippen molar-refractivity contribution in [1.82, 2.24) is 30.2 Å². The maximum Gasteiger partial charge on any atom is 0.324 e. The number of aliphatic imine (C=N–C) groups is 2. The third-order valence-corrected chi connectivity index (χ3v) is 13.8. The molecule has 4 atom stereocenters. The molecule has 0 radical (unpaired) electrons. The van der Waals surface area contributed by atoms with E-state index in [-0.39, 0.29) is 36.7 Å². The summed E-state index contributed by atoms with van der Waals surface area (Å²) in [6.45, 7) is 14.3. The van der Waals surface area contributed by atoms with Gasteiger partial charge in [0.15, 0.2) is 0 Å². The van der Waals surface area contributed by atoms with Crippen molar-refractivity contribution in [3.05, 3.63) is 102 Å². The molecule has 14 heteroatoms. The van der Waals surface area contributed by atoms with Gasteiger partial charge >= 0.3 is 5.97 Å². The van der Waals surface area contributed by atoms with E-state index < -0.39 is 29.5 Å². The average molecular weight is 937 g/mol. The third kappa shape index (κ3) is 11.5. The number of nitrogens with zero attached hydrogens (tertiary/aromatic N) is 6. The van der Waals surface area contributed by atoms with E-state index in [9.17, 15) is 14.4 Å². The van der Waals surface area contributed by atoms with E-state index in [1.807, 2.05) is 48.7 Å². The molecule has 5 aromatic rings. The number of carbonyl (C=O) groups is 3. The van der Waals surface area contributed by atoms with Crippen molar-refractivity contribution in [3.8, 4) is 28.1 Å². The molecule has 5 heterocycles. The number of piperidine rings is 1. The van der Waals surface area contributed by atoms with Gasteiger partial charge in [0.2, 0.25) is 5.91 Å². The molecule has 2 saturated heterocycles. The quantitative estimate of drug-likeness (QED) is 0.0928. The molecule has 2 fully saturated rings. The average Bonchev–Trinajstić information content (AvgIpc) is 3.65. The molecule has 3 aliphatic rings. The number of hydrogen-bond donors (Lipinski definition) is 2. The van der Waals surface area contributed by atoms with Gasteiger partial charge in [0.25, 0.3) is 5.91 Å². The number of hydrogen-bond acceptors (Lipinski definition) is 11. The van der Waals surface area contributed by atoms with E-state index in [4.69, 9.17) is 14.2 Å². The molecule has 6 bridgehead atoms. The molecular weight excluding hydrogens is 869 g/mol. The maximum absolute atomic E-state index is 14.8. The van der Waals surface area contributed by atoms with E-state index >= 15 is 0 Å². The molecule has 0 aliphatic carbocycles. The van der Waals surface area contributed by atoms with Crippen LogP contribution in [0.1, 0.15) is 77.0 Å². The zero-order chi connectivity index (χ0) is 48.7. The number of aromatic nitrogens is 2. The zero-order valence-corrected chi connectivity index (χ0v) is 41.3. The van der Waals surface area contributed by atoms with E-state index in [0.717, 1.165) is 87.3 Å². The molecular formula is C55H68N8O6. The summed E-state index contributed by atoms with van der Waals surface area (Å²) in [7, 11) is 3.34. The Balaban J connectivity index is 1.11. The van der Waals surface area contributed by atoms with Gasteiger partial charge in [0, 0.05) is 67.4 Å². The Morgan fingerprint density at radius 3 is 2.58 bits per heavy atom. The summed E-state index contributed by atoms with van der Waals surface area (Å²) in [4.78, 5) is 59.2. The second-order valence-electron chi connectivity index (χ2n) is 19.9. The molecule has 2 aromatic heterocycles. The highest BCUT2D eigenvalue weighted by Crippen LogP contribution is 2.41. The van der Waals surface area contributed by atoms with Gasteiger partial charge in [-0.25, -0.2) is 10.4 Å². The predicted molar refractivity (Wildman–Crippen MR) is 269 cm³/mol. The minimum atomic E-state index is -0.913. The Labute approximate surface area is 406 Å². The topological polar surface area (TPSA) is 152 Å². The lowest BCUT2D eigenvalue weighted by molar-refractivity contribution is -0.155. The molecule has 8 rings (SSSR count). The maximum atomic E-state index is 14.8. The summed E-state index contributed by atoms with van der Waals surface area (Å²) in [6.07, 6.45) is 7.63. The number of esters is 1. The van der Waals surface area contributed by atoms with Crippen LogP contribution in [-0.2, 0) is 49.9 Å². The first-order valence-corrected chi connectivity index (χ1v) is 24.6. The lowest BCUT2D eigenvalue weighted by Gasteiger charge is -2.40. The molecule has 2 N–H and O–H groups in total. The Kier molecular flexibility index (Phi) is 15.7. The fourth-order valence-corrected chi connectivity index (χ4v) is 10.4. The molecule has 69 heavy (non-hydrogen) atoms. The third-order valence-electron chi connectivity index (χ3n) is 13.8. The second-order valence-corrected chi connectivity index (χ2v) is 19.9. The number of fused-ring (bicyclic) bond motifs is 6. The Hall–Kier alpha value is -6.18. The van der Waals surface area contributed by atoms with Crippen LogP contribution >= 0.6 is 0 Å². The van der Waals surface area contributed by atoms with Gasteiger partial charge < -0.3 is 24.1 Å². The number of carbonyl (C=O) groups excluding carboxylic acids is 3. The molecule has 0 saturated carbocycles. The number of likely N-dealkylation sites (tertiary alicyclic amines) is 1. The molecule has 0 unspecified atom stereocenters. The lowest BCUT2D eigenvalue weighted by atomic mass is 9.84. The van der Waals surface area contributed by atoms with Crippen molar-refractivity contribution in [2.75, 3.05) is 47.0 Å². The number of nitrogens with one attached hydrogen (secondary N) is 2. The fourth-order valence-electron chi connectivity index (χ4n) is 10.4. The summed E-state index contributed by atoms with van der Waals surface area (Å²) >= 11 is 0. The van der Waals surface area contributed by atoms with Crippen molar-refractivity contribution in [2.45, 2.75) is 104 Å². The second kappa shape index (κ2) is 22.1. The van der Waals surface area contributed by atoms with Gasteiger partial charge in [-0.15, -0.1) is 0 Å². The number of cyclic esters (lactones) is 1. The van der Waals surface area contributed by atoms with Crippen molar-refractivity contribution in [3.63, 3.8) is 0 Å². The summed E-state index contributed by atoms with van der Waals surface area (Å²) < 4.78 is 19.4. The van der Waals surface area contributed by atoms with E-state index in [1.165, 1.54) is 5.01 Å². The first kappa shape index (κ1) is 49.2. The number of aryl methyl sites for hydroxylation is 1. The summed E-state index contributed by atoms with van der Waals surface area (Å²) in [6, 6.07) is 25.1. The number of ether oxygens (including phenoxy) is 3. The first-order chi connectivity index (χ1) is 33.4. The summed E-state index contributed by atoms with van der Waals surface area (Å²) in [5.74, 6) is 0.0522. The fraction of sp³-hybridized carbons (Fsp3) is 0.473. The lowest BCUT2D eigenvalue weighted by Crippen LogP contribution is -2.62. The number of rotatable bonds is 12. The Morgan fingerprint density at radius 2 is 1.81 bits per heavy atom. The molecule has 14 nitrogen and oxygen atoms in total.